The van der Waals surface area contributed by atoms with Crippen LogP contribution in [0, 0.1) is 0 Å². The molecule has 0 aliphatic carbocycles. The Labute approximate surface area is 206 Å². The lowest BCUT2D eigenvalue weighted by Crippen LogP contribution is -2.32. The predicted octanol–water partition coefficient (Wildman–Crippen LogP) is 6.73. The summed E-state index contributed by atoms with van der Waals surface area (Å²) < 4.78 is 12.3. The van der Waals surface area contributed by atoms with Gasteiger partial charge < -0.3 is 9.47 Å². The van der Waals surface area contributed by atoms with Crippen LogP contribution in [0.1, 0.15) is 25.0 Å². The molecule has 0 radical (unpaired) electrons. The maximum absolute atomic E-state index is 13.5. The molecule has 0 aromatic heterocycles. The van der Waals surface area contributed by atoms with Gasteiger partial charge >= 0.3 is 0 Å². The van der Waals surface area contributed by atoms with Crippen molar-refractivity contribution >= 4 is 51.0 Å². The van der Waals surface area contributed by atoms with Crippen LogP contribution in [0.4, 0.5) is 5.69 Å². The van der Waals surface area contributed by atoms with Crippen LogP contribution >= 0.6 is 27.5 Å². The zero-order valence-electron chi connectivity index (χ0n) is 18.2. The Bertz CT molecular complexity index is 1220. The molecular formula is C26H22BrClN2O3. The van der Waals surface area contributed by atoms with Crippen LogP contribution in [0.2, 0.25) is 5.02 Å². The van der Waals surface area contributed by atoms with Crippen LogP contribution in [-0.4, -0.2) is 25.0 Å². The lowest BCUT2D eigenvalue weighted by molar-refractivity contribution is -0.113. The summed E-state index contributed by atoms with van der Waals surface area (Å²) in [6.45, 7) is 4.89. The minimum Gasteiger partial charge on any atom is -0.490 e. The van der Waals surface area contributed by atoms with E-state index >= 15 is 0 Å². The Kier molecular flexibility index (Phi) is 7.16. The van der Waals surface area contributed by atoms with Crippen molar-refractivity contribution in [3.63, 3.8) is 0 Å². The number of nitrogens with zero attached hydrogens (tertiary/aromatic N) is 2. The van der Waals surface area contributed by atoms with Crippen molar-refractivity contribution in [3.8, 4) is 11.5 Å². The number of aliphatic imine (C=N–C) groups is 1. The van der Waals surface area contributed by atoms with Crippen molar-refractivity contribution in [2.45, 2.75) is 13.8 Å². The second-order valence-corrected chi connectivity index (χ2v) is 8.51. The number of amides is 1. The molecule has 5 nitrogen and oxygen atoms in total. The molecule has 0 fully saturated rings. The number of carbonyl (C=O) groups excluding carboxylic acids is 1. The summed E-state index contributed by atoms with van der Waals surface area (Å²) in [4.78, 5) is 19.8. The average Bonchev–Trinajstić information content (AvgIpc) is 3.13. The predicted molar refractivity (Wildman–Crippen MR) is 136 cm³/mol. The summed E-state index contributed by atoms with van der Waals surface area (Å²) in [6, 6.07) is 20.4. The number of benzene rings is 3. The smallest absolute Gasteiger partial charge is 0.282 e. The van der Waals surface area contributed by atoms with Crippen molar-refractivity contribution in [1.82, 2.24) is 0 Å². The van der Waals surface area contributed by atoms with E-state index in [1.807, 2.05) is 68.4 Å². The number of ether oxygens (including phenoxy) is 2. The fraction of sp³-hybridized carbons (Fsp3) is 0.154. The molecule has 0 bridgehead atoms. The number of hydrogen-bond donors (Lipinski definition) is 0. The molecular weight excluding hydrogens is 504 g/mol. The molecule has 0 saturated heterocycles. The Morgan fingerprint density at radius 2 is 1.61 bits per heavy atom. The van der Waals surface area contributed by atoms with Crippen molar-refractivity contribution in [1.29, 1.82) is 0 Å². The van der Waals surface area contributed by atoms with E-state index in [0.717, 1.165) is 21.3 Å². The third-order valence-electron chi connectivity index (χ3n) is 4.92. The molecule has 1 aliphatic rings. The van der Waals surface area contributed by atoms with Gasteiger partial charge in [-0.05, 0) is 86.2 Å². The van der Waals surface area contributed by atoms with Crippen molar-refractivity contribution in [2.75, 3.05) is 18.1 Å². The zero-order valence-corrected chi connectivity index (χ0v) is 20.6. The molecule has 0 spiro atoms. The second kappa shape index (κ2) is 10.2. The number of carbonyl (C=O) groups is 1. The first-order chi connectivity index (χ1) is 16.0. The number of hydrogen-bond acceptors (Lipinski definition) is 4. The molecule has 33 heavy (non-hydrogen) atoms. The quantitative estimate of drug-likeness (QED) is 0.321. The molecule has 7 heteroatoms. The Morgan fingerprint density at radius 1 is 0.939 bits per heavy atom. The fourth-order valence-corrected chi connectivity index (χ4v) is 3.84. The van der Waals surface area contributed by atoms with Crippen LogP contribution in [0.3, 0.4) is 0 Å². The molecule has 168 valence electrons. The minimum atomic E-state index is -0.214. The van der Waals surface area contributed by atoms with E-state index in [0.29, 0.717) is 41.3 Å². The largest absolute Gasteiger partial charge is 0.490 e. The fourth-order valence-electron chi connectivity index (χ4n) is 3.45. The van der Waals surface area contributed by atoms with Gasteiger partial charge in [0.1, 0.15) is 11.5 Å². The van der Waals surface area contributed by atoms with E-state index in [1.165, 1.54) is 0 Å². The summed E-state index contributed by atoms with van der Waals surface area (Å²) >= 11 is 9.52. The summed E-state index contributed by atoms with van der Waals surface area (Å²) in [5.74, 6) is 1.63. The summed E-state index contributed by atoms with van der Waals surface area (Å²) in [7, 11) is 0. The highest BCUT2D eigenvalue weighted by Gasteiger charge is 2.32. The van der Waals surface area contributed by atoms with Crippen LogP contribution in [0.5, 0.6) is 11.5 Å². The molecule has 3 aromatic rings. The maximum Gasteiger partial charge on any atom is 0.282 e. The molecule has 1 aliphatic heterocycles. The number of halogens is 2. The average molecular weight is 526 g/mol. The SMILES string of the molecule is CCOc1ccc(/C=C2/N=C(c3ccc(Cl)cc3)N(c3ccc(Br)cc3)C2=O)cc1OCC. The van der Waals surface area contributed by atoms with Gasteiger partial charge in [0, 0.05) is 15.1 Å². The second-order valence-electron chi connectivity index (χ2n) is 7.16. The van der Waals surface area contributed by atoms with Gasteiger partial charge in [0.05, 0.1) is 18.9 Å². The number of rotatable bonds is 7. The van der Waals surface area contributed by atoms with E-state index in [4.69, 9.17) is 26.1 Å². The van der Waals surface area contributed by atoms with Gasteiger partial charge in [-0.1, -0.05) is 33.6 Å². The van der Waals surface area contributed by atoms with Gasteiger partial charge in [0.25, 0.3) is 5.91 Å². The summed E-state index contributed by atoms with van der Waals surface area (Å²) in [6.07, 6.45) is 1.76. The first-order valence-corrected chi connectivity index (χ1v) is 11.7. The summed E-state index contributed by atoms with van der Waals surface area (Å²) in [5, 5.41) is 0.618. The van der Waals surface area contributed by atoms with Crippen LogP contribution in [-0.2, 0) is 4.79 Å². The highest BCUT2D eigenvalue weighted by Crippen LogP contribution is 2.32. The van der Waals surface area contributed by atoms with Crippen LogP contribution < -0.4 is 14.4 Å². The molecule has 0 atom stereocenters. The van der Waals surface area contributed by atoms with Crippen molar-refractivity contribution < 1.29 is 14.3 Å². The van der Waals surface area contributed by atoms with Gasteiger partial charge in [-0.3, -0.25) is 9.69 Å². The van der Waals surface area contributed by atoms with Gasteiger partial charge in [-0.25, -0.2) is 4.99 Å². The Balaban J connectivity index is 1.77. The van der Waals surface area contributed by atoms with Gasteiger partial charge in [-0.15, -0.1) is 0 Å². The lowest BCUT2D eigenvalue weighted by Gasteiger charge is -2.18. The Morgan fingerprint density at radius 3 is 2.27 bits per heavy atom. The van der Waals surface area contributed by atoms with E-state index < -0.39 is 0 Å². The highest BCUT2D eigenvalue weighted by atomic mass is 79.9. The third-order valence-corrected chi connectivity index (χ3v) is 5.70. The van der Waals surface area contributed by atoms with Gasteiger partial charge in [-0.2, -0.15) is 0 Å². The molecule has 1 amide bonds. The molecule has 0 saturated carbocycles. The monoisotopic (exact) mass is 524 g/mol. The van der Waals surface area contributed by atoms with E-state index in [1.54, 1.807) is 23.1 Å². The number of anilines is 1. The third kappa shape index (κ3) is 5.13. The number of amidine groups is 1. The molecule has 3 aromatic carbocycles. The van der Waals surface area contributed by atoms with Crippen molar-refractivity contribution in [3.05, 3.63) is 93.0 Å². The summed E-state index contributed by atoms with van der Waals surface area (Å²) in [5.41, 5.74) is 2.64. The first kappa shape index (κ1) is 23.1. The van der Waals surface area contributed by atoms with E-state index in [9.17, 15) is 4.79 Å². The zero-order chi connectivity index (χ0) is 23.4. The first-order valence-electron chi connectivity index (χ1n) is 10.6. The normalized spacial score (nSPS) is 14.5. The highest BCUT2D eigenvalue weighted by molar-refractivity contribution is 9.10. The molecule has 0 N–H and O–H groups in total. The molecule has 1 heterocycles. The van der Waals surface area contributed by atoms with Crippen molar-refractivity contribution in [2.24, 2.45) is 4.99 Å². The lowest BCUT2D eigenvalue weighted by atomic mass is 10.1. The van der Waals surface area contributed by atoms with Gasteiger partial charge in [0.2, 0.25) is 0 Å². The van der Waals surface area contributed by atoms with Gasteiger partial charge in [0.15, 0.2) is 11.5 Å². The molecule has 4 rings (SSSR count). The van der Waals surface area contributed by atoms with Crippen LogP contribution in [0.25, 0.3) is 6.08 Å². The Hall–Kier alpha value is -3.09. The van der Waals surface area contributed by atoms with E-state index in [2.05, 4.69) is 15.9 Å². The standard InChI is InChI=1S/C26H22BrClN2O3/c1-3-32-23-14-5-17(16-24(23)33-4-2)15-22-26(31)30(21-12-8-19(27)9-13-21)25(29-22)18-6-10-20(28)11-7-18/h5-16H,3-4H2,1-2H3/b22-15+. The van der Waals surface area contributed by atoms with Crippen LogP contribution in [0.15, 0.2) is 81.9 Å². The maximum atomic E-state index is 13.5. The topological polar surface area (TPSA) is 51.1 Å². The molecule has 0 unspecified atom stereocenters. The van der Waals surface area contributed by atoms with E-state index in [-0.39, 0.29) is 5.91 Å². The minimum absolute atomic E-state index is 0.214.